The highest BCUT2D eigenvalue weighted by atomic mass is 35.5. The third kappa shape index (κ3) is 8.09. The number of halogens is 1. The second kappa shape index (κ2) is 11.6. The maximum absolute atomic E-state index is 11.7. The van der Waals surface area contributed by atoms with Crippen molar-refractivity contribution in [3.8, 4) is 5.75 Å². The smallest absolute Gasteiger partial charge is 0.306 e. The van der Waals surface area contributed by atoms with Crippen LogP contribution in [0.15, 0.2) is 54.6 Å². The van der Waals surface area contributed by atoms with Crippen molar-refractivity contribution in [1.82, 2.24) is 10.9 Å². The summed E-state index contributed by atoms with van der Waals surface area (Å²) in [4.78, 5) is 35.0. The van der Waals surface area contributed by atoms with E-state index in [2.05, 4.69) is 10.9 Å². The van der Waals surface area contributed by atoms with E-state index in [9.17, 15) is 14.4 Å². The summed E-state index contributed by atoms with van der Waals surface area (Å²) in [6, 6.07) is 16.3. The summed E-state index contributed by atoms with van der Waals surface area (Å²) in [5.41, 5.74) is 5.48. The molecule has 0 saturated carbocycles. The highest BCUT2D eigenvalue weighted by Crippen LogP contribution is 2.22. The molecule has 7 nitrogen and oxygen atoms in total. The first-order valence-electron chi connectivity index (χ1n) is 8.69. The predicted molar refractivity (Wildman–Crippen MR) is 104 cm³/mol. The van der Waals surface area contributed by atoms with Crippen LogP contribution >= 0.6 is 11.6 Å². The molecule has 0 aliphatic carbocycles. The number of esters is 1. The molecule has 2 aromatic rings. The molecule has 0 fully saturated rings. The van der Waals surface area contributed by atoms with E-state index < -0.39 is 17.8 Å². The SMILES string of the molecule is O=C(CCC(=O)OCCc1ccccc1)NNC(=O)COc1ccccc1Cl. The van der Waals surface area contributed by atoms with Gasteiger partial charge in [-0.1, -0.05) is 54.1 Å². The summed E-state index contributed by atoms with van der Waals surface area (Å²) in [7, 11) is 0. The maximum Gasteiger partial charge on any atom is 0.306 e. The number of ether oxygens (including phenoxy) is 2. The van der Waals surface area contributed by atoms with Gasteiger partial charge in [-0.15, -0.1) is 0 Å². The Kier molecular flexibility index (Phi) is 8.81. The van der Waals surface area contributed by atoms with Crippen molar-refractivity contribution in [2.45, 2.75) is 19.3 Å². The number of carbonyl (C=O) groups is 3. The lowest BCUT2D eigenvalue weighted by molar-refractivity contribution is -0.145. The molecule has 2 amide bonds. The predicted octanol–water partition coefficient (Wildman–Crippen LogP) is 2.43. The summed E-state index contributed by atoms with van der Waals surface area (Å²) >= 11 is 5.91. The van der Waals surface area contributed by atoms with Crippen LogP contribution in [0.1, 0.15) is 18.4 Å². The first-order valence-corrected chi connectivity index (χ1v) is 9.07. The minimum atomic E-state index is -0.557. The van der Waals surface area contributed by atoms with Crippen molar-refractivity contribution in [2.24, 2.45) is 0 Å². The van der Waals surface area contributed by atoms with Crippen LogP contribution < -0.4 is 15.6 Å². The summed E-state index contributed by atoms with van der Waals surface area (Å²) in [6.45, 7) is -0.0634. The van der Waals surface area contributed by atoms with E-state index in [1.54, 1.807) is 24.3 Å². The van der Waals surface area contributed by atoms with Crippen LogP contribution in [0.4, 0.5) is 0 Å². The summed E-state index contributed by atoms with van der Waals surface area (Å²) in [6.07, 6.45) is 0.433. The van der Waals surface area contributed by atoms with Gasteiger partial charge in [-0.05, 0) is 17.7 Å². The van der Waals surface area contributed by atoms with Gasteiger partial charge in [0.1, 0.15) is 5.75 Å². The maximum atomic E-state index is 11.7. The molecule has 0 aliphatic heterocycles. The topological polar surface area (TPSA) is 93.7 Å². The molecule has 0 radical (unpaired) electrons. The third-order valence-corrected chi connectivity index (χ3v) is 3.90. The number of rotatable bonds is 9. The molecule has 28 heavy (non-hydrogen) atoms. The van der Waals surface area contributed by atoms with Crippen molar-refractivity contribution < 1.29 is 23.9 Å². The average molecular weight is 405 g/mol. The van der Waals surface area contributed by atoms with Crippen molar-refractivity contribution in [1.29, 1.82) is 0 Å². The molecule has 148 valence electrons. The number of hydrogen-bond donors (Lipinski definition) is 2. The Morgan fingerprint density at radius 2 is 1.54 bits per heavy atom. The number of hydrogen-bond acceptors (Lipinski definition) is 5. The van der Waals surface area contributed by atoms with Crippen LogP contribution in [-0.4, -0.2) is 31.0 Å². The summed E-state index contributed by atoms with van der Waals surface area (Å²) in [5, 5.41) is 0.380. The van der Waals surface area contributed by atoms with E-state index in [1.165, 1.54) is 0 Å². The Morgan fingerprint density at radius 1 is 0.857 bits per heavy atom. The largest absolute Gasteiger partial charge is 0.482 e. The quantitative estimate of drug-likeness (QED) is 0.494. The van der Waals surface area contributed by atoms with Gasteiger partial charge in [0.15, 0.2) is 6.61 Å². The molecule has 0 saturated heterocycles. The third-order valence-electron chi connectivity index (χ3n) is 3.59. The Morgan fingerprint density at radius 3 is 2.29 bits per heavy atom. The second-order valence-corrected chi connectivity index (χ2v) is 6.18. The van der Waals surface area contributed by atoms with Crippen LogP contribution in [-0.2, 0) is 25.5 Å². The highest BCUT2D eigenvalue weighted by Gasteiger charge is 2.10. The molecule has 0 aromatic heterocycles. The lowest BCUT2D eigenvalue weighted by Crippen LogP contribution is -2.43. The Labute approximate surface area is 167 Å². The van der Waals surface area contributed by atoms with Crippen LogP contribution in [0.3, 0.4) is 0 Å². The molecule has 0 unspecified atom stereocenters. The monoisotopic (exact) mass is 404 g/mol. The van der Waals surface area contributed by atoms with Gasteiger partial charge in [0.2, 0.25) is 5.91 Å². The van der Waals surface area contributed by atoms with Gasteiger partial charge < -0.3 is 9.47 Å². The molecule has 0 atom stereocenters. The van der Waals surface area contributed by atoms with Crippen LogP contribution in [0.5, 0.6) is 5.75 Å². The minimum Gasteiger partial charge on any atom is -0.482 e. The number of hydrazine groups is 1. The molecule has 2 aromatic carbocycles. The van der Waals surface area contributed by atoms with Crippen molar-refractivity contribution in [2.75, 3.05) is 13.2 Å². The Hall–Kier alpha value is -3.06. The zero-order valence-electron chi connectivity index (χ0n) is 15.2. The summed E-state index contributed by atoms with van der Waals surface area (Å²) < 4.78 is 10.3. The molecular weight excluding hydrogens is 384 g/mol. The average Bonchev–Trinajstić information content (AvgIpc) is 2.71. The normalized spacial score (nSPS) is 10.0. The second-order valence-electron chi connectivity index (χ2n) is 5.77. The van der Waals surface area contributed by atoms with Crippen LogP contribution in [0.25, 0.3) is 0 Å². The number of nitrogens with one attached hydrogen (secondary N) is 2. The van der Waals surface area contributed by atoms with E-state index in [0.29, 0.717) is 17.2 Å². The summed E-state index contributed by atoms with van der Waals surface area (Å²) in [5.74, 6) is -1.17. The highest BCUT2D eigenvalue weighted by molar-refractivity contribution is 6.32. The van der Waals surface area contributed by atoms with Crippen molar-refractivity contribution >= 4 is 29.4 Å². The molecule has 2 N–H and O–H groups in total. The fraction of sp³-hybridized carbons (Fsp3) is 0.250. The first-order chi connectivity index (χ1) is 13.5. The zero-order chi connectivity index (χ0) is 20.2. The fourth-order valence-corrected chi connectivity index (χ4v) is 2.35. The van der Waals surface area contributed by atoms with E-state index in [-0.39, 0.29) is 26.1 Å². The molecule has 8 heteroatoms. The van der Waals surface area contributed by atoms with Gasteiger partial charge in [0.05, 0.1) is 18.1 Å². The van der Waals surface area contributed by atoms with Gasteiger partial charge in [-0.3, -0.25) is 25.2 Å². The van der Waals surface area contributed by atoms with E-state index in [0.717, 1.165) is 5.56 Å². The van der Waals surface area contributed by atoms with E-state index in [1.807, 2.05) is 30.3 Å². The van der Waals surface area contributed by atoms with Crippen molar-refractivity contribution in [3.63, 3.8) is 0 Å². The van der Waals surface area contributed by atoms with Gasteiger partial charge in [-0.2, -0.15) is 0 Å². The van der Waals surface area contributed by atoms with Crippen LogP contribution in [0.2, 0.25) is 5.02 Å². The number of para-hydroxylation sites is 1. The van der Waals surface area contributed by atoms with E-state index >= 15 is 0 Å². The fourth-order valence-electron chi connectivity index (χ4n) is 2.16. The lowest BCUT2D eigenvalue weighted by atomic mass is 10.2. The Balaban J connectivity index is 1.55. The molecule has 0 bridgehead atoms. The molecule has 0 spiro atoms. The minimum absolute atomic E-state index is 0.0768. The van der Waals surface area contributed by atoms with Crippen molar-refractivity contribution in [3.05, 3.63) is 65.2 Å². The molecule has 2 rings (SSSR count). The molecular formula is C20H21ClN2O5. The van der Waals surface area contributed by atoms with Gasteiger partial charge in [0, 0.05) is 12.8 Å². The number of amides is 2. The van der Waals surface area contributed by atoms with E-state index in [4.69, 9.17) is 21.1 Å². The van der Waals surface area contributed by atoms with Gasteiger partial charge in [0.25, 0.3) is 5.91 Å². The Bertz CT molecular complexity index is 798. The number of benzene rings is 2. The van der Waals surface area contributed by atoms with Gasteiger partial charge in [-0.25, -0.2) is 0 Å². The van der Waals surface area contributed by atoms with Crippen LogP contribution in [0, 0.1) is 0 Å². The van der Waals surface area contributed by atoms with Gasteiger partial charge >= 0.3 is 5.97 Å². The first kappa shape index (κ1) is 21.2. The number of carbonyl (C=O) groups excluding carboxylic acids is 3. The molecule has 0 heterocycles. The standard InChI is InChI=1S/C20H21ClN2O5/c21-16-8-4-5-9-17(16)28-14-19(25)23-22-18(24)10-11-20(26)27-13-12-15-6-2-1-3-7-15/h1-9H,10-14H2,(H,22,24)(H,23,25). The lowest BCUT2D eigenvalue weighted by Gasteiger charge is -2.09. The molecule has 0 aliphatic rings. The zero-order valence-corrected chi connectivity index (χ0v) is 15.9.